The summed E-state index contributed by atoms with van der Waals surface area (Å²) < 4.78 is 6.94. The van der Waals surface area contributed by atoms with Gasteiger partial charge >= 0.3 is 0 Å². The standard InChI is InChI=1S/C16H21N3O2/c1-12(10-18-7-3-4-8-18)19-11-17-15-6-5-13(21-2)9-14(15)16(19)20/h5-6,9,11-12H,3-4,7-8,10H2,1-2H3. The maximum Gasteiger partial charge on any atom is 0.261 e. The summed E-state index contributed by atoms with van der Waals surface area (Å²) >= 11 is 0. The molecule has 0 amide bonds. The van der Waals surface area contributed by atoms with E-state index in [4.69, 9.17) is 4.74 Å². The third kappa shape index (κ3) is 2.78. The van der Waals surface area contributed by atoms with Crippen LogP contribution in [0.1, 0.15) is 25.8 Å². The molecule has 1 aromatic carbocycles. The summed E-state index contributed by atoms with van der Waals surface area (Å²) in [5.41, 5.74) is 0.719. The van der Waals surface area contributed by atoms with Gasteiger partial charge in [-0.2, -0.15) is 0 Å². The summed E-state index contributed by atoms with van der Waals surface area (Å²) in [6.45, 7) is 5.24. The van der Waals surface area contributed by atoms with Crippen LogP contribution >= 0.6 is 0 Å². The second-order valence-corrected chi connectivity index (χ2v) is 5.70. The third-order valence-corrected chi connectivity index (χ3v) is 4.19. The van der Waals surface area contributed by atoms with Gasteiger partial charge in [-0.1, -0.05) is 0 Å². The number of hydrogen-bond donors (Lipinski definition) is 0. The smallest absolute Gasteiger partial charge is 0.261 e. The first kappa shape index (κ1) is 14.1. The Labute approximate surface area is 124 Å². The zero-order valence-electron chi connectivity index (χ0n) is 12.6. The number of benzene rings is 1. The van der Waals surface area contributed by atoms with Gasteiger partial charge in [-0.15, -0.1) is 0 Å². The lowest BCUT2D eigenvalue weighted by atomic mass is 10.2. The molecule has 1 atom stereocenters. The molecule has 2 aromatic rings. The number of nitrogens with zero attached hydrogens (tertiary/aromatic N) is 3. The van der Waals surface area contributed by atoms with Crippen LogP contribution < -0.4 is 10.3 Å². The van der Waals surface area contributed by atoms with Crippen molar-refractivity contribution >= 4 is 10.9 Å². The minimum atomic E-state index is 0.00518. The van der Waals surface area contributed by atoms with Crippen molar-refractivity contribution in [3.8, 4) is 5.75 Å². The van der Waals surface area contributed by atoms with E-state index in [-0.39, 0.29) is 11.6 Å². The number of rotatable bonds is 4. The average molecular weight is 287 g/mol. The van der Waals surface area contributed by atoms with Crippen molar-refractivity contribution in [2.75, 3.05) is 26.7 Å². The predicted octanol–water partition coefficient (Wildman–Crippen LogP) is 2.06. The van der Waals surface area contributed by atoms with Crippen LogP contribution in [0.3, 0.4) is 0 Å². The second kappa shape index (κ2) is 5.85. The molecule has 112 valence electrons. The maximum atomic E-state index is 12.7. The van der Waals surface area contributed by atoms with Gasteiger partial charge in [0.25, 0.3) is 5.56 Å². The Bertz CT molecular complexity index is 689. The first-order valence-electron chi connectivity index (χ1n) is 7.46. The summed E-state index contributed by atoms with van der Waals surface area (Å²) in [5, 5.41) is 0.616. The number of fused-ring (bicyclic) bond motifs is 1. The van der Waals surface area contributed by atoms with E-state index in [1.54, 1.807) is 24.1 Å². The zero-order chi connectivity index (χ0) is 14.8. The fraction of sp³-hybridized carbons (Fsp3) is 0.500. The number of methoxy groups -OCH3 is 1. The SMILES string of the molecule is COc1ccc2ncn(C(C)CN3CCCC3)c(=O)c2c1. The van der Waals surface area contributed by atoms with Gasteiger partial charge in [0.2, 0.25) is 0 Å². The van der Waals surface area contributed by atoms with Crippen LogP contribution in [-0.2, 0) is 0 Å². The van der Waals surface area contributed by atoms with Gasteiger partial charge in [-0.25, -0.2) is 4.98 Å². The molecule has 1 aromatic heterocycles. The molecule has 1 aliphatic rings. The molecule has 1 saturated heterocycles. The lowest BCUT2D eigenvalue weighted by Crippen LogP contribution is -2.32. The monoisotopic (exact) mass is 287 g/mol. The van der Waals surface area contributed by atoms with Crippen LogP contribution in [-0.4, -0.2) is 41.2 Å². The van der Waals surface area contributed by atoms with Crippen LogP contribution in [0.15, 0.2) is 29.3 Å². The molecule has 5 heteroatoms. The molecule has 1 aliphatic heterocycles. The minimum absolute atomic E-state index is 0.00518. The summed E-state index contributed by atoms with van der Waals surface area (Å²) in [5.74, 6) is 0.686. The second-order valence-electron chi connectivity index (χ2n) is 5.70. The van der Waals surface area contributed by atoms with E-state index in [9.17, 15) is 4.79 Å². The lowest BCUT2D eigenvalue weighted by Gasteiger charge is -2.22. The summed E-state index contributed by atoms with van der Waals surface area (Å²) in [4.78, 5) is 19.5. The lowest BCUT2D eigenvalue weighted by molar-refractivity contribution is 0.284. The highest BCUT2D eigenvalue weighted by molar-refractivity contribution is 5.78. The van der Waals surface area contributed by atoms with Crippen molar-refractivity contribution in [3.63, 3.8) is 0 Å². The molecular formula is C16H21N3O2. The van der Waals surface area contributed by atoms with Crippen LogP contribution in [0.25, 0.3) is 10.9 Å². The summed E-state index contributed by atoms with van der Waals surface area (Å²) in [7, 11) is 1.60. The van der Waals surface area contributed by atoms with E-state index in [0.717, 1.165) is 19.6 Å². The van der Waals surface area contributed by atoms with Gasteiger partial charge in [0.1, 0.15) is 5.75 Å². The van der Waals surface area contributed by atoms with Crippen LogP contribution in [0.5, 0.6) is 5.75 Å². The van der Waals surface area contributed by atoms with E-state index >= 15 is 0 Å². The molecule has 0 saturated carbocycles. The van der Waals surface area contributed by atoms with E-state index in [2.05, 4.69) is 16.8 Å². The minimum Gasteiger partial charge on any atom is -0.497 e. The highest BCUT2D eigenvalue weighted by Crippen LogP contribution is 2.17. The largest absolute Gasteiger partial charge is 0.497 e. The van der Waals surface area contributed by atoms with E-state index < -0.39 is 0 Å². The Morgan fingerprint density at radius 3 is 2.81 bits per heavy atom. The van der Waals surface area contributed by atoms with Crippen molar-refractivity contribution in [3.05, 3.63) is 34.9 Å². The van der Waals surface area contributed by atoms with Crippen molar-refractivity contribution in [1.29, 1.82) is 0 Å². The Hall–Kier alpha value is -1.88. The Kier molecular flexibility index (Phi) is 3.92. The first-order chi connectivity index (χ1) is 10.2. The fourth-order valence-electron chi connectivity index (χ4n) is 2.98. The van der Waals surface area contributed by atoms with E-state index in [0.29, 0.717) is 16.7 Å². The van der Waals surface area contributed by atoms with Crippen LogP contribution in [0.2, 0.25) is 0 Å². The molecule has 21 heavy (non-hydrogen) atoms. The Morgan fingerprint density at radius 1 is 1.33 bits per heavy atom. The number of ether oxygens (including phenoxy) is 1. The number of aromatic nitrogens is 2. The van der Waals surface area contributed by atoms with Gasteiger partial charge in [0.05, 0.1) is 24.3 Å². The third-order valence-electron chi connectivity index (χ3n) is 4.19. The van der Waals surface area contributed by atoms with Gasteiger partial charge in [0, 0.05) is 12.6 Å². The molecule has 1 fully saturated rings. The molecule has 1 unspecified atom stereocenters. The van der Waals surface area contributed by atoms with Crippen molar-refractivity contribution in [1.82, 2.24) is 14.5 Å². The molecule has 0 N–H and O–H groups in total. The first-order valence-corrected chi connectivity index (χ1v) is 7.46. The molecule has 0 aliphatic carbocycles. The normalized spacial score (nSPS) is 17.2. The molecule has 0 spiro atoms. The molecular weight excluding hydrogens is 266 g/mol. The van der Waals surface area contributed by atoms with Crippen molar-refractivity contribution < 1.29 is 4.74 Å². The topological polar surface area (TPSA) is 47.4 Å². The van der Waals surface area contributed by atoms with Gasteiger partial charge in [0.15, 0.2) is 0 Å². The van der Waals surface area contributed by atoms with Gasteiger partial charge in [-0.3, -0.25) is 9.36 Å². The van der Waals surface area contributed by atoms with Crippen molar-refractivity contribution in [2.45, 2.75) is 25.8 Å². The predicted molar refractivity (Wildman–Crippen MR) is 82.9 cm³/mol. The highest BCUT2D eigenvalue weighted by atomic mass is 16.5. The Balaban J connectivity index is 1.94. The van der Waals surface area contributed by atoms with Gasteiger partial charge in [-0.05, 0) is 51.1 Å². The van der Waals surface area contributed by atoms with E-state index in [1.165, 1.54) is 12.8 Å². The Morgan fingerprint density at radius 2 is 2.10 bits per heavy atom. The van der Waals surface area contributed by atoms with Gasteiger partial charge < -0.3 is 9.64 Å². The fourth-order valence-corrected chi connectivity index (χ4v) is 2.98. The average Bonchev–Trinajstić information content (AvgIpc) is 3.00. The summed E-state index contributed by atoms with van der Waals surface area (Å²) in [6.07, 6.45) is 4.18. The van der Waals surface area contributed by atoms with Crippen molar-refractivity contribution in [2.24, 2.45) is 0 Å². The molecule has 5 nitrogen and oxygen atoms in total. The van der Waals surface area contributed by atoms with Crippen LogP contribution in [0, 0.1) is 0 Å². The van der Waals surface area contributed by atoms with E-state index in [1.807, 2.05) is 12.1 Å². The zero-order valence-corrected chi connectivity index (χ0v) is 12.6. The molecule has 0 radical (unpaired) electrons. The molecule has 0 bridgehead atoms. The summed E-state index contributed by atoms with van der Waals surface area (Å²) in [6, 6.07) is 5.54. The highest BCUT2D eigenvalue weighted by Gasteiger charge is 2.17. The number of likely N-dealkylation sites (tertiary alicyclic amines) is 1. The quantitative estimate of drug-likeness (QED) is 0.863. The maximum absolute atomic E-state index is 12.7. The number of hydrogen-bond acceptors (Lipinski definition) is 4. The van der Waals surface area contributed by atoms with Crippen LogP contribution in [0.4, 0.5) is 0 Å². The molecule has 3 rings (SSSR count). The molecule has 2 heterocycles.